The van der Waals surface area contributed by atoms with Gasteiger partial charge in [-0.2, -0.15) is 0 Å². The number of H-pyrrole nitrogens is 2. The van der Waals surface area contributed by atoms with Crippen LogP contribution in [-0.4, -0.2) is 19.9 Å². The molecule has 2 aliphatic rings. The van der Waals surface area contributed by atoms with Crippen molar-refractivity contribution in [2.45, 2.75) is 0 Å². The third kappa shape index (κ3) is 3.60. The number of hydrogen-bond acceptors (Lipinski definition) is 2. The average molecular weight is 569 g/mol. The monoisotopic (exact) mass is 568 g/mol. The summed E-state index contributed by atoms with van der Waals surface area (Å²) in [6.45, 7) is 0. The Morgan fingerprint density at radius 3 is 0.854 bits per heavy atom. The Morgan fingerprint density at radius 2 is 0.585 bits per heavy atom. The number of rotatable bonds is 0. The zero-order chi connectivity index (χ0) is 26.2. The Hall–Kier alpha value is -4.99. The van der Waals surface area contributed by atoms with E-state index in [0.29, 0.717) is 0 Å². The fraction of sp³-hybridized carbons (Fsp3) is 0. The molecule has 4 aromatic carbocycles. The number of fused-ring (bicyclic) bond motifs is 20. The van der Waals surface area contributed by atoms with Crippen molar-refractivity contribution in [3.63, 3.8) is 0 Å². The minimum absolute atomic E-state index is 0. The molecule has 0 atom stereocenters. The molecule has 0 spiro atoms. The van der Waals surface area contributed by atoms with E-state index < -0.39 is 0 Å². The molecule has 9 rings (SSSR count). The molecule has 2 aliphatic heterocycles. The maximum atomic E-state index is 5.17. The van der Waals surface area contributed by atoms with Crippen LogP contribution in [0, 0.1) is 0 Å². The second-order valence-electron chi connectivity index (χ2n) is 10.4. The zero-order valence-corrected chi connectivity index (χ0v) is 22.7. The van der Waals surface area contributed by atoms with Crippen LogP contribution in [-0.2, 0) is 16.5 Å². The molecule has 0 aliphatic carbocycles. The number of nitrogens with one attached hydrogen (secondary N) is 2. The molecule has 7 aromatic rings. The summed E-state index contributed by atoms with van der Waals surface area (Å²) in [5.74, 6) is 0. The van der Waals surface area contributed by atoms with Gasteiger partial charge in [-0.1, -0.05) is 97.1 Å². The summed E-state index contributed by atoms with van der Waals surface area (Å²) in [7, 11) is 0. The maximum absolute atomic E-state index is 5.17. The van der Waals surface area contributed by atoms with Crippen LogP contribution in [0.25, 0.3) is 88.6 Å². The second kappa shape index (κ2) is 9.02. The summed E-state index contributed by atoms with van der Waals surface area (Å²) in [4.78, 5) is 17.8. The van der Waals surface area contributed by atoms with E-state index in [0.717, 1.165) is 88.6 Å². The summed E-state index contributed by atoms with van der Waals surface area (Å²) < 4.78 is 0. The van der Waals surface area contributed by atoms with Crippen LogP contribution in [0.2, 0.25) is 0 Å². The van der Waals surface area contributed by atoms with Gasteiger partial charge in [0.25, 0.3) is 0 Å². The van der Waals surface area contributed by atoms with Gasteiger partial charge in [0.05, 0.1) is 22.8 Å². The quantitative estimate of drug-likeness (QED) is 0.179. The van der Waals surface area contributed by atoms with E-state index in [1.807, 2.05) is 0 Å². The first-order valence-electron chi connectivity index (χ1n) is 13.5. The molecule has 0 unspecified atom stereocenters. The largest absolute Gasteiger partial charge is 0.354 e. The molecule has 8 bridgehead atoms. The fourth-order valence-electron chi connectivity index (χ4n) is 6.27. The van der Waals surface area contributed by atoms with Crippen LogP contribution in [0.1, 0.15) is 0 Å². The minimum Gasteiger partial charge on any atom is -0.354 e. The number of nitrogens with zero attached hydrogens (tertiary/aromatic N) is 2. The molecule has 0 radical (unpaired) electrons. The van der Waals surface area contributed by atoms with E-state index in [4.69, 9.17) is 9.97 Å². The van der Waals surface area contributed by atoms with E-state index in [9.17, 15) is 0 Å². The fourth-order valence-corrected chi connectivity index (χ4v) is 6.27. The first-order valence-corrected chi connectivity index (χ1v) is 13.5. The number of benzene rings is 4. The SMILES string of the molecule is [Ni].c1ccc2c(c1)-c1cc3[nH]c(cc4nc(cc5[nH]c(cc-2n1)c1ccccc51)-c1ccccc1-4)c1ccccc31. The van der Waals surface area contributed by atoms with Crippen molar-refractivity contribution >= 4 is 43.6 Å². The van der Waals surface area contributed by atoms with Crippen molar-refractivity contribution in [1.82, 2.24) is 19.9 Å². The van der Waals surface area contributed by atoms with Gasteiger partial charge in [-0.05, 0) is 24.3 Å². The summed E-state index contributed by atoms with van der Waals surface area (Å²) in [5, 5.41) is 4.66. The Bertz CT molecular complexity index is 2020. The first-order chi connectivity index (χ1) is 19.8. The molecular formula is C36H22N4Ni. The van der Waals surface area contributed by atoms with Crippen LogP contribution in [0.3, 0.4) is 0 Å². The predicted molar refractivity (Wildman–Crippen MR) is 165 cm³/mol. The van der Waals surface area contributed by atoms with Gasteiger partial charge in [-0.15, -0.1) is 0 Å². The zero-order valence-electron chi connectivity index (χ0n) is 21.8. The summed E-state index contributed by atoms with van der Waals surface area (Å²) >= 11 is 0. The Morgan fingerprint density at radius 1 is 0.341 bits per heavy atom. The van der Waals surface area contributed by atoms with Crippen molar-refractivity contribution in [2.24, 2.45) is 0 Å². The third-order valence-corrected chi connectivity index (χ3v) is 8.12. The standard InChI is InChI=1S/C36H22N4.Ni/c1-2-10-22-21(9-1)29-17-31-23-11-3-4-12-24(23)33(38-31)19-35-27-15-7-8-16-28(27)36(40-35)20-34-26-14-6-5-13-25(26)32(39-34)18-30(22)37-29;/h1-20,37,40H;. The van der Waals surface area contributed by atoms with Crippen LogP contribution < -0.4 is 0 Å². The van der Waals surface area contributed by atoms with Gasteiger partial charge in [0.1, 0.15) is 0 Å². The molecule has 41 heavy (non-hydrogen) atoms. The number of aromatic nitrogens is 4. The van der Waals surface area contributed by atoms with Gasteiger partial charge in [0.2, 0.25) is 0 Å². The van der Waals surface area contributed by atoms with E-state index in [-0.39, 0.29) is 16.5 Å². The smallest absolute Gasteiger partial charge is 0.0737 e. The van der Waals surface area contributed by atoms with E-state index >= 15 is 0 Å². The second-order valence-corrected chi connectivity index (χ2v) is 10.4. The van der Waals surface area contributed by atoms with Gasteiger partial charge in [0.15, 0.2) is 0 Å². The molecule has 0 saturated carbocycles. The van der Waals surface area contributed by atoms with Gasteiger partial charge in [0, 0.05) is 82.4 Å². The van der Waals surface area contributed by atoms with E-state index in [1.165, 1.54) is 0 Å². The maximum Gasteiger partial charge on any atom is 0.0737 e. The number of hydrogen-bond donors (Lipinski definition) is 2. The predicted octanol–water partition coefficient (Wildman–Crippen LogP) is 9.29. The molecule has 5 heterocycles. The van der Waals surface area contributed by atoms with Crippen LogP contribution >= 0.6 is 0 Å². The number of aromatic amines is 2. The Kier molecular flexibility index (Phi) is 5.25. The van der Waals surface area contributed by atoms with Crippen molar-refractivity contribution in [2.75, 3.05) is 0 Å². The third-order valence-electron chi connectivity index (χ3n) is 8.12. The summed E-state index contributed by atoms with van der Waals surface area (Å²) in [5.41, 5.74) is 12.5. The van der Waals surface area contributed by atoms with Gasteiger partial charge in [-0.3, -0.25) is 0 Å². The van der Waals surface area contributed by atoms with Crippen LogP contribution in [0.15, 0.2) is 121 Å². The van der Waals surface area contributed by atoms with Crippen molar-refractivity contribution in [1.29, 1.82) is 0 Å². The molecule has 5 heteroatoms. The summed E-state index contributed by atoms with van der Waals surface area (Å²) in [6, 6.07) is 42.7. The first kappa shape index (κ1) is 23.9. The minimum atomic E-state index is 0. The van der Waals surface area contributed by atoms with Gasteiger partial charge >= 0.3 is 0 Å². The molecule has 4 nitrogen and oxygen atoms in total. The van der Waals surface area contributed by atoms with E-state index in [1.54, 1.807) is 0 Å². The van der Waals surface area contributed by atoms with Gasteiger partial charge < -0.3 is 9.97 Å². The Balaban J connectivity index is 0.00000256. The molecule has 0 amide bonds. The summed E-state index contributed by atoms with van der Waals surface area (Å²) in [6.07, 6.45) is 0. The van der Waals surface area contributed by atoms with Crippen LogP contribution in [0.4, 0.5) is 0 Å². The topological polar surface area (TPSA) is 57.4 Å². The Labute approximate surface area is 245 Å². The van der Waals surface area contributed by atoms with Crippen molar-refractivity contribution < 1.29 is 16.5 Å². The van der Waals surface area contributed by atoms with Gasteiger partial charge in [-0.25, -0.2) is 9.97 Å². The molecular weight excluding hydrogens is 547 g/mol. The molecule has 0 fully saturated rings. The molecule has 0 saturated heterocycles. The van der Waals surface area contributed by atoms with E-state index in [2.05, 4.69) is 131 Å². The van der Waals surface area contributed by atoms with Crippen molar-refractivity contribution in [3.8, 4) is 45.0 Å². The normalized spacial score (nSPS) is 11.7. The van der Waals surface area contributed by atoms with Crippen molar-refractivity contribution in [3.05, 3.63) is 121 Å². The average Bonchev–Trinajstić information content (AvgIpc) is 3.73. The molecule has 2 N–H and O–H groups in total. The molecule has 3 aromatic heterocycles. The van der Waals surface area contributed by atoms with Crippen LogP contribution in [0.5, 0.6) is 0 Å². The molecule has 196 valence electrons.